The van der Waals surface area contributed by atoms with Crippen LogP contribution < -0.4 is 5.56 Å². The second kappa shape index (κ2) is 11.4. The standard InChI is InChI=1S/C22H30N2O2/c1-3-4-8-15-26-18(2)9-6-5-7-10-19-11-13-20(14-12-19)21-16-24-22(25)17-23-21/h7,10-14,16-18H,3-6,8-9,15H2,1-2H3,(H,24,25). The Morgan fingerprint density at radius 1 is 1.19 bits per heavy atom. The van der Waals surface area contributed by atoms with Crippen molar-refractivity contribution in [2.45, 2.75) is 58.5 Å². The van der Waals surface area contributed by atoms with E-state index in [1.807, 2.05) is 12.1 Å². The van der Waals surface area contributed by atoms with Gasteiger partial charge in [0.1, 0.15) is 0 Å². The van der Waals surface area contributed by atoms with Crippen LogP contribution >= 0.6 is 0 Å². The van der Waals surface area contributed by atoms with Crippen molar-refractivity contribution < 1.29 is 4.74 Å². The lowest BCUT2D eigenvalue weighted by Crippen LogP contribution is -2.08. The first-order chi connectivity index (χ1) is 12.7. The van der Waals surface area contributed by atoms with Crippen molar-refractivity contribution >= 4 is 6.08 Å². The van der Waals surface area contributed by atoms with Crippen LogP contribution in [-0.4, -0.2) is 22.7 Å². The summed E-state index contributed by atoms with van der Waals surface area (Å²) in [6.45, 7) is 5.27. The van der Waals surface area contributed by atoms with Crippen LogP contribution in [0.25, 0.3) is 17.3 Å². The van der Waals surface area contributed by atoms with Gasteiger partial charge in [0.2, 0.25) is 0 Å². The molecule has 0 spiro atoms. The molecule has 1 atom stereocenters. The van der Waals surface area contributed by atoms with Crippen LogP contribution in [-0.2, 0) is 4.74 Å². The minimum atomic E-state index is -0.186. The van der Waals surface area contributed by atoms with Gasteiger partial charge in [-0.3, -0.25) is 4.79 Å². The van der Waals surface area contributed by atoms with Gasteiger partial charge in [-0.2, -0.15) is 0 Å². The Kier molecular flexibility index (Phi) is 8.84. The van der Waals surface area contributed by atoms with Crippen LogP contribution in [0.5, 0.6) is 0 Å². The number of unbranched alkanes of at least 4 members (excludes halogenated alkanes) is 3. The lowest BCUT2D eigenvalue weighted by Gasteiger charge is -2.11. The molecule has 0 radical (unpaired) electrons. The summed E-state index contributed by atoms with van der Waals surface area (Å²) in [5.41, 5.74) is 2.75. The van der Waals surface area contributed by atoms with Gasteiger partial charge in [-0.25, -0.2) is 4.98 Å². The maximum absolute atomic E-state index is 11.1. The van der Waals surface area contributed by atoms with E-state index in [1.165, 1.54) is 31.0 Å². The molecule has 0 aliphatic heterocycles. The Morgan fingerprint density at radius 3 is 2.69 bits per heavy atom. The minimum absolute atomic E-state index is 0.186. The monoisotopic (exact) mass is 354 g/mol. The first-order valence-electron chi connectivity index (χ1n) is 9.62. The Morgan fingerprint density at radius 2 is 2.00 bits per heavy atom. The number of aromatic amines is 1. The summed E-state index contributed by atoms with van der Waals surface area (Å²) in [6.07, 6.45) is 14.6. The van der Waals surface area contributed by atoms with Crippen LogP contribution in [0.2, 0.25) is 0 Å². The molecule has 4 nitrogen and oxygen atoms in total. The quantitative estimate of drug-likeness (QED) is 0.563. The summed E-state index contributed by atoms with van der Waals surface area (Å²) in [6, 6.07) is 8.18. The molecule has 0 aliphatic rings. The smallest absolute Gasteiger partial charge is 0.266 e. The van der Waals surface area contributed by atoms with Gasteiger partial charge in [-0.1, -0.05) is 56.2 Å². The zero-order valence-electron chi connectivity index (χ0n) is 15.9. The topological polar surface area (TPSA) is 55.0 Å². The van der Waals surface area contributed by atoms with Crippen LogP contribution in [0, 0.1) is 0 Å². The molecule has 140 valence electrons. The van der Waals surface area contributed by atoms with E-state index >= 15 is 0 Å². The Bertz CT molecular complexity index is 699. The van der Waals surface area contributed by atoms with Crippen molar-refractivity contribution in [3.05, 3.63) is 58.7 Å². The second-order valence-electron chi connectivity index (χ2n) is 6.64. The van der Waals surface area contributed by atoms with Gasteiger partial charge in [0.05, 0.1) is 18.0 Å². The summed E-state index contributed by atoms with van der Waals surface area (Å²) in [4.78, 5) is 17.8. The summed E-state index contributed by atoms with van der Waals surface area (Å²) in [5.74, 6) is 0. The zero-order chi connectivity index (χ0) is 18.6. The minimum Gasteiger partial charge on any atom is -0.379 e. The SMILES string of the molecule is CCCCCOC(C)CCCC=Cc1ccc(-c2c[nH]c(=O)cn2)cc1. The number of nitrogens with one attached hydrogen (secondary N) is 1. The molecular weight excluding hydrogens is 324 g/mol. The molecule has 1 unspecified atom stereocenters. The average molecular weight is 354 g/mol. The predicted octanol–water partition coefficient (Wildman–Crippen LogP) is 5.22. The number of hydrogen-bond acceptors (Lipinski definition) is 3. The Balaban J connectivity index is 1.70. The molecule has 2 rings (SSSR count). The van der Waals surface area contributed by atoms with E-state index in [0.29, 0.717) is 6.10 Å². The van der Waals surface area contributed by atoms with Gasteiger partial charge in [-0.05, 0) is 38.2 Å². The first kappa shape index (κ1) is 20.1. The molecule has 1 aromatic heterocycles. The van der Waals surface area contributed by atoms with Gasteiger partial charge >= 0.3 is 0 Å². The summed E-state index contributed by atoms with van der Waals surface area (Å²) in [5, 5.41) is 0. The number of rotatable bonds is 11. The molecular formula is C22H30N2O2. The van der Waals surface area contributed by atoms with E-state index in [1.54, 1.807) is 6.20 Å². The van der Waals surface area contributed by atoms with E-state index in [0.717, 1.165) is 37.1 Å². The lowest BCUT2D eigenvalue weighted by molar-refractivity contribution is 0.0566. The molecule has 1 N–H and O–H groups in total. The third-order valence-electron chi connectivity index (χ3n) is 4.32. The van der Waals surface area contributed by atoms with E-state index in [-0.39, 0.29) is 5.56 Å². The van der Waals surface area contributed by atoms with Crippen molar-refractivity contribution in [3.63, 3.8) is 0 Å². The van der Waals surface area contributed by atoms with Crippen molar-refractivity contribution in [2.24, 2.45) is 0 Å². The van der Waals surface area contributed by atoms with E-state index in [9.17, 15) is 4.79 Å². The third-order valence-corrected chi connectivity index (χ3v) is 4.32. The number of benzene rings is 1. The molecule has 0 bridgehead atoms. The molecule has 0 amide bonds. The number of ether oxygens (including phenoxy) is 1. The summed E-state index contributed by atoms with van der Waals surface area (Å²) in [7, 11) is 0. The highest BCUT2D eigenvalue weighted by atomic mass is 16.5. The molecule has 2 aromatic rings. The molecule has 0 saturated heterocycles. The van der Waals surface area contributed by atoms with E-state index < -0.39 is 0 Å². The zero-order valence-corrected chi connectivity index (χ0v) is 15.9. The number of H-pyrrole nitrogens is 1. The predicted molar refractivity (Wildman–Crippen MR) is 108 cm³/mol. The number of allylic oxidation sites excluding steroid dienone is 1. The van der Waals surface area contributed by atoms with Crippen LogP contribution in [0.15, 0.2) is 47.5 Å². The average Bonchev–Trinajstić information content (AvgIpc) is 2.66. The van der Waals surface area contributed by atoms with Crippen molar-refractivity contribution in [2.75, 3.05) is 6.61 Å². The maximum atomic E-state index is 11.1. The van der Waals surface area contributed by atoms with Gasteiger partial charge in [0.25, 0.3) is 5.56 Å². The molecule has 0 saturated carbocycles. The highest BCUT2D eigenvalue weighted by Gasteiger charge is 2.01. The summed E-state index contributed by atoms with van der Waals surface area (Å²) < 4.78 is 5.82. The molecule has 1 heterocycles. The van der Waals surface area contributed by atoms with E-state index in [4.69, 9.17) is 4.74 Å². The van der Waals surface area contributed by atoms with Crippen molar-refractivity contribution in [1.29, 1.82) is 0 Å². The van der Waals surface area contributed by atoms with Gasteiger partial charge in [0, 0.05) is 18.4 Å². The number of aromatic nitrogens is 2. The molecule has 1 aromatic carbocycles. The summed E-state index contributed by atoms with van der Waals surface area (Å²) >= 11 is 0. The third kappa shape index (κ3) is 7.36. The molecule has 0 fully saturated rings. The van der Waals surface area contributed by atoms with Gasteiger partial charge in [-0.15, -0.1) is 0 Å². The fourth-order valence-corrected chi connectivity index (χ4v) is 2.73. The largest absolute Gasteiger partial charge is 0.379 e. The van der Waals surface area contributed by atoms with Crippen molar-refractivity contribution in [1.82, 2.24) is 9.97 Å². The van der Waals surface area contributed by atoms with E-state index in [2.05, 4.69) is 48.1 Å². The van der Waals surface area contributed by atoms with Crippen LogP contribution in [0.1, 0.15) is 57.9 Å². The van der Waals surface area contributed by atoms with Gasteiger partial charge in [0.15, 0.2) is 0 Å². The normalized spacial score (nSPS) is 12.5. The fourth-order valence-electron chi connectivity index (χ4n) is 2.73. The highest BCUT2D eigenvalue weighted by molar-refractivity contribution is 5.61. The number of hydrogen-bond donors (Lipinski definition) is 1. The fraction of sp³-hybridized carbons (Fsp3) is 0.455. The molecule has 0 aliphatic carbocycles. The molecule has 26 heavy (non-hydrogen) atoms. The lowest BCUT2D eigenvalue weighted by atomic mass is 10.1. The Hall–Kier alpha value is -2.20. The van der Waals surface area contributed by atoms with Gasteiger partial charge < -0.3 is 9.72 Å². The van der Waals surface area contributed by atoms with Crippen molar-refractivity contribution in [3.8, 4) is 11.3 Å². The van der Waals surface area contributed by atoms with Crippen LogP contribution in [0.4, 0.5) is 0 Å². The first-order valence-corrected chi connectivity index (χ1v) is 9.62. The maximum Gasteiger partial charge on any atom is 0.266 e. The number of nitrogens with zero attached hydrogens (tertiary/aromatic N) is 1. The van der Waals surface area contributed by atoms with Crippen LogP contribution in [0.3, 0.4) is 0 Å². The Labute approximate surface area is 156 Å². The highest BCUT2D eigenvalue weighted by Crippen LogP contribution is 2.16. The molecule has 4 heteroatoms. The second-order valence-corrected chi connectivity index (χ2v) is 6.64.